The van der Waals surface area contributed by atoms with Crippen LogP contribution in [0.3, 0.4) is 0 Å². The number of nitrogens with zero attached hydrogens (tertiary/aromatic N) is 2. The Kier molecular flexibility index (Phi) is 11.3. The Labute approximate surface area is 251 Å². The SMILES string of the molecule is CC(C)CNC(=O)C(Cc1ccccc1)N(Cc1ccccc1Cl)C(=O)CN(c1ccc(Cl)c(Cl)c1)S(C)(=O)=O. The summed E-state index contributed by atoms with van der Waals surface area (Å²) < 4.78 is 26.6. The molecule has 1 unspecified atom stereocenters. The monoisotopic (exact) mass is 623 g/mol. The molecule has 214 valence electrons. The van der Waals surface area contributed by atoms with Gasteiger partial charge in [-0.15, -0.1) is 0 Å². The van der Waals surface area contributed by atoms with E-state index in [0.29, 0.717) is 17.1 Å². The molecule has 0 aromatic heterocycles. The normalized spacial score (nSPS) is 12.2. The molecule has 0 aliphatic heterocycles. The first-order valence-corrected chi connectivity index (χ1v) is 15.6. The summed E-state index contributed by atoms with van der Waals surface area (Å²) in [5.74, 6) is -0.750. The zero-order valence-electron chi connectivity index (χ0n) is 22.5. The van der Waals surface area contributed by atoms with Gasteiger partial charge in [0.2, 0.25) is 21.8 Å². The van der Waals surface area contributed by atoms with Crippen LogP contribution in [-0.2, 0) is 32.6 Å². The minimum Gasteiger partial charge on any atom is -0.354 e. The molecule has 0 saturated heterocycles. The standard InChI is InChI=1S/C29H32Cl3N3O4S/c1-20(2)17-33-29(37)27(15-21-9-5-4-6-10-21)34(18-22-11-7-8-12-24(22)30)28(36)19-35(40(3,38)39)23-13-14-25(31)26(32)16-23/h4-14,16,20,27H,15,17-19H2,1-3H3,(H,33,37). The summed E-state index contributed by atoms with van der Waals surface area (Å²) in [5, 5.41) is 3.75. The minimum absolute atomic E-state index is 0.00984. The summed E-state index contributed by atoms with van der Waals surface area (Å²) in [6.07, 6.45) is 1.21. The summed E-state index contributed by atoms with van der Waals surface area (Å²) in [6, 6.07) is 19.7. The van der Waals surface area contributed by atoms with E-state index in [4.69, 9.17) is 34.8 Å². The Morgan fingerprint density at radius 3 is 2.12 bits per heavy atom. The molecular weight excluding hydrogens is 593 g/mol. The van der Waals surface area contributed by atoms with E-state index in [2.05, 4.69) is 5.32 Å². The first-order chi connectivity index (χ1) is 18.9. The fourth-order valence-electron chi connectivity index (χ4n) is 4.04. The van der Waals surface area contributed by atoms with Gasteiger partial charge in [-0.2, -0.15) is 0 Å². The summed E-state index contributed by atoms with van der Waals surface area (Å²) in [7, 11) is -3.93. The number of halogens is 3. The van der Waals surface area contributed by atoms with Gasteiger partial charge in [-0.25, -0.2) is 8.42 Å². The summed E-state index contributed by atoms with van der Waals surface area (Å²) in [5.41, 5.74) is 1.63. The molecule has 0 radical (unpaired) electrons. The maximum Gasteiger partial charge on any atom is 0.244 e. The van der Waals surface area contributed by atoms with Crippen LogP contribution in [0.5, 0.6) is 0 Å². The third-order valence-corrected chi connectivity index (χ3v) is 8.37. The Morgan fingerprint density at radius 2 is 1.52 bits per heavy atom. The lowest BCUT2D eigenvalue weighted by Crippen LogP contribution is -2.53. The number of hydrogen-bond donors (Lipinski definition) is 1. The van der Waals surface area contributed by atoms with Gasteiger partial charge in [0.25, 0.3) is 0 Å². The third kappa shape index (κ3) is 8.86. The van der Waals surface area contributed by atoms with E-state index in [9.17, 15) is 18.0 Å². The first kappa shape index (κ1) is 31.7. The van der Waals surface area contributed by atoms with E-state index >= 15 is 0 Å². The highest BCUT2D eigenvalue weighted by atomic mass is 35.5. The highest BCUT2D eigenvalue weighted by molar-refractivity contribution is 7.92. The number of sulfonamides is 1. The molecule has 0 fully saturated rings. The van der Waals surface area contributed by atoms with Crippen LogP contribution in [0.1, 0.15) is 25.0 Å². The predicted octanol–water partition coefficient (Wildman–Crippen LogP) is 5.83. The molecule has 0 aliphatic rings. The van der Waals surface area contributed by atoms with Crippen molar-refractivity contribution in [2.45, 2.75) is 32.9 Å². The molecule has 0 saturated carbocycles. The summed E-state index contributed by atoms with van der Waals surface area (Å²) >= 11 is 18.6. The molecule has 3 rings (SSSR count). The van der Waals surface area contributed by atoms with E-state index in [1.165, 1.54) is 23.1 Å². The summed E-state index contributed by atoms with van der Waals surface area (Å²) in [6.45, 7) is 3.78. The van der Waals surface area contributed by atoms with Crippen LogP contribution < -0.4 is 9.62 Å². The molecule has 0 spiro atoms. The number of benzene rings is 3. The second-order valence-electron chi connectivity index (χ2n) is 9.83. The predicted molar refractivity (Wildman–Crippen MR) is 162 cm³/mol. The van der Waals surface area contributed by atoms with Gasteiger partial charge >= 0.3 is 0 Å². The van der Waals surface area contributed by atoms with E-state index in [0.717, 1.165) is 16.1 Å². The van der Waals surface area contributed by atoms with Crippen molar-refractivity contribution in [1.29, 1.82) is 0 Å². The van der Waals surface area contributed by atoms with Crippen molar-refractivity contribution in [2.24, 2.45) is 5.92 Å². The fourth-order valence-corrected chi connectivity index (χ4v) is 5.37. The Bertz CT molecular complexity index is 1440. The molecule has 1 N–H and O–H groups in total. The van der Waals surface area contributed by atoms with E-state index in [1.54, 1.807) is 24.3 Å². The second kappa shape index (κ2) is 14.2. The van der Waals surface area contributed by atoms with Gasteiger partial charge in [-0.1, -0.05) is 97.2 Å². The Morgan fingerprint density at radius 1 is 0.875 bits per heavy atom. The van der Waals surface area contributed by atoms with Crippen LogP contribution in [0.4, 0.5) is 5.69 Å². The zero-order chi connectivity index (χ0) is 29.4. The average molecular weight is 625 g/mol. The number of carbonyl (C=O) groups excluding carboxylic acids is 2. The van der Waals surface area contributed by atoms with Gasteiger partial charge < -0.3 is 10.2 Å². The van der Waals surface area contributed by atoms with Crippen LogP contribution in [0, 0.1) is 5.92 Å². The van der Waals surface area contributed by atoms with Gasteiger partial charge in [0.15, 0.2) is 0 Å². The zero-order valence-corrected chi connectivity index (χ0v) is 25.6. The highest BCUT2D eigenvalue weighted by Crippen LogP contribution is 2.29. The molecule has 3 aromatic carbocycles. The van der Waals surface area contributed by atoms with Crippen LogP contribution in [0.2, 0.25) is 15.1 Å². The molecule has 40 heavy (non-hydrogen) atoms. The number of hydrogen-bond acceptors (Lipinski definition) is 4. The lowest BCUT2D eigenvalue weighted by atomic mass is 10.0. The molecule has 2 amide bonds. The van der Waals surface area contributed by atoms with Gasteiger partial charge in [-0.3, -0.25) is 13.9 Å². The summed E-state index contributed by atoms with van der Waals surface area (Å²) in [4.78, 5) is 29.0. The molecular formula is C29H32Cl3N3O4S. The number of anilines is 1. The van der Waals surface area contributed by atoms with E-state index in [1.807, 2.05) is 44.2 Å². The molecule has 1 atom stereocenters. The first-order valence-electron chi connectivity index (χ1n) is 12.6. The van der Waals surface area contributed by atoms with Crippen molar-refractivity contribution < 1.29 is 18.0 Å². The average Bonchev–Trinajstić information content (AvgIpc) is 2.90. The van der Waals surface area contributed by atoms with Gasteiger partial charge in [0.1, 0.15) is 12.6 Å². The lowest BCUT2D eigenvalue weighted by molar-refractivity contribution is -0.140. The molecule has 0 aliphatic carbocycles. The largest absolute Gasteiger partial charge is 0.354 e. The van der Waals surface area contributed by atoms with E-state index < -0.39 is 28.5 Å². The maximum atomic E-state index is 14.1. The number of rotatable bonds is 12. The Balaban J connectivity index is 2.07. The maximum absolute atomic E-state index is 14.1. The number of nitrogens with one attached hydrogen (secondary N) is 1. The van der Waals surface area contributed by atoms with Gasteiger partial charge in [-0.05, 0) is 41.3 Å². The van der Waals surface area contributed by atoms with Crippen molar-refractivity contribution in [3.8, 4) is 0 Å². The molecule has 11 heteroatoms. The third-order valence-electron chi connectivity index (χ3n) is 6.12. The van der Waals surface area contributed by atoms with E-state index in [-0.39, 0.29) is 40.5 Å². The minimum atomic E-state index is -3.93. The fraction of sp³-hybridized carbons (Fsp3) is 0.310. The molecule has 0 bridgehead atoms. The van der Waals surface area contributed by atoms with Gasteiger partial charge in [0, 0.05) is 24.5 Å². The lowest BCUT2D eigenvalue weighted by Gasteiger charge is -2.34. The topological polar surface area (TPSA) is 86.8 Å². The van der Waals surface area contributed by atoms with Gasteiger partial charge in [0.05, 0.1) is 22.0 Å². The Hall–Kier alpha value is -2.78. The number of carbonyl (C=O) groups is 2. The second-order valence-corrected chi connectivity index (χ2v) is 13.0. The molecule has 3 aromatic rings. The van der Waals surface area contributed by atoms with Crippen molar-refractivity contribution in [3.63, 3.8) is 0 Å². The van der Waals surface area contributed by atoms with Crippen LogP contribution in [0.15, 0.2) is 72.8 Å². The number of amides is 2. The quantitative estimate of drug-likeness (QED) is 0.275. The smallest absolute Gasteiger partial charge is 0.244 e. The van der Waals surface area contributed by atoms with Crippen molar-refractivity contribution >= 4 is 62.3 Å². The van der Waals surface area contributed by atoms with Crippen molar-refractivity contribution in [3.05, 3.63) is 99.0 Å². The van der Waals surface area contributed by atoms with Crippen LogP contribution in [-0.4, -0.2) is 50.5 Å². The van der Waals surface area contributed by atoms with Crippen LogP contribution in [0.25, 0.3) is 0 Å². The van der Waals surface area contributed by atoms with Crippen LogP contribution >= 0.6 is 34.8 Å². The molecule has 0 heterocycles. The molecule has 7 nitrogen and oxygen atoms in total. The highest BCUT2D eigenvalue weighted by Gasteiger charge is 2.33. The van der Waals surface area contributed by atoms with Crippen molar-refractivity contribution in [2.75, 3.05) is 23.7 Å². The van der Waals surface area contributed by atoms with Crippen molar-refractivity contribution in [1.82, 2.24) is 10.2 Å².